The average molecular weight is 451 g/mol. The van der Waals surface area contributed by atoms with Crippen LogP contribution in [0.15, 0.2) is 65.8 Å². The normalized spacial score (nSPS) is 12.1. The number of hydrogen-bond acceptors (Lipinski definition) is 5. The summed E-state index contributed by atoms with van der Waals surface area (Å²) in [5.74, 6) is 1.16. The van der Waals surface area contributed by atoms with Crippen LogP contribution in [-0.2, 0) is 16.6 Å². The van der Waals surface area contributed by atoms with E-state index < -0.39 is 16.1 Å². The summed E-state index contributed by atoms with van der Waals surface area (Å²) < 4.78 is 35.3. The number of rotatable bonds is 8. The zero-order valence-corrected chi connectivity index (χ0v) is 18.6. The summed E-state index contributed by atoms with van der Waals surface area (Å²) in [4.78, 5) is 4.29. The van der Waals surface area contributed by atoms with Gasteiger partial charge in [-0.1, -0.05) is 29.8 Å². The first-order chi connectivity index (χ1) is 13.8. The fourth-order valence-corrected chi connectivity index (χ4v) is 4.58. The maximum atomic E-state index is 13.5. The molecule has 3 rings (SSSR count). The molecule has 0 saturated heterocycles. The van der Waals surface area contributed by atoms with Gasteiger partial charge >= 0.3 is 0 Å². The van der Waals surface area contributed by atoms with Crippen LogP contribution in [0.25, 0.3) is 0 Å². The number of methoxy groups -OCH3 is 1. The molecule has 1 heterocycles. The number of hydrogen-bond donors (Lipinski definition) is 1. The van der Waals surface area contributed by atoms with Crippen molar-refractivity contribution in [2.24, 2.45) is 0 Å². The van der Waals surface area contributed by atoms with E-state index in [0.29, 0.717) is 11.4 Å². The Kier molecular flexibility index (Phi) is 7.89. The van der Waals surface area contributed by atoms with Gasteiger partial charge in [0.2, 0.25) is 0 Å². The first kappa shape index (κ1) is 23.7. The SMILES string of the molecule is COc1ccccc1N(CC(O)Cn1ccnc1C)S(=O)(=O)c1ccc(C)cc1.[Cl-]. The van der Waals surface area contributed by atoms with E-state index >= 15 is 0 Å². The Morgan fingerprint density at radius 3 is 2.40 bits per heavy atom. The lowest BCUT2D eigenvalue weighted by Crippen LogP contribution is -3.00. The Morgan fingerprint density at radius 2 is 1.80 bits per heavy atom. The second-order valence-electron chi connectivity index (χ2n) is 6.80. The maximum Gasteiger partial charge on any atom is 0.264 e. The van der Waals surface area contributed by atoms with Gasteiger partial charge in [0.1, 0.15) is 11.6 Å². The Balaban J connectivity index is 0.00000320. The molecule has 1 N–H and O–H groups in total. The summed E-state index contributed by atoms with van der Waals surface area (Å²) in [5, 5.41) is 10.7. The number of aliphatic hydroxyl groups excluding tert-OH is 1. The second kappa shape index (κ2) is 9.97. The summed E-state index contributed by atoms with van der Waals surface area (Å²) in [6, 6.07) is 13.5. The van der Waals surface area contributed by atoms with Gasteiger partial charge in [-0.3, -0.25) is 4.31 Å². The number of imidazole rings is 1. The summed E-state index contributed by atoms with van der Waals surface area (Å²) >= 11 is 0. The minimum atomic E-state index is -3.92. The minimum Gasteiger partial charge on any atom is -1.00 e. The van der Waals surface area contributed by atoms with Crippen molar-refractivity contribution in [1.29, 1.82) is 0 Å². The summed E-state index contributed by atoms with van der Waals surface area (Å²) in [6.45, 7) is 3.81. The molecule has 7 nitrogen and oxygen atoms in total. The van der Waals surface area contributed by atoms with Crippen LogP contribution >= 0.6 is 0 Å². The molecule has 0 aliphatic rings. The zero-order chi connectivity index (χ0) is 21.0. The molecular formula is C21H25ClN3O4S-. The number of nitrogens with zero attached hydrogens (tertiary/aromatic N) is 3. The van der Waals surface area contributed by atoms with Crippen molar-refractivity contribution in [3.8, 4) is 5.75 Å². The number of benzene rings is 2. The van der Waals surface area contributed by atoms with Crippen molar-refractivity contribution in [2.45, 2.75) is 31.4 Å². The van der Waals surface area contributed by atoms with Crippen LogP contribution in [0, 0.1) is 13.8 Å². The van der Waals surface area contributed by atoms with Crippen LogP contribution in [0.1, 0.15) is 11.4 Å². The number of aromatic nitrogens is 2. The Morgan fingerprint density at radius 1 is 1.13 bits per heavy atom. The van der Waals surface area contributed by atoms with Crippen molar-refractivity contribution in [3.05, 3.63) is 72.3 Å². The zero-order valence-electron chi connectivity index (χ0n) is 17.1. The third-order valence-electron chi connectivity index (χ3n) is 4.67. The molecule has 0 fully saturated rings. The average Bonchev–Trinajstić information content (AvgIpc) is 3.10. The van der Waals surface area contributed by atoms with Crippen LogP contribution in [-0.4, -0.2) is 42.8 Å². The molecule has 3 aromatic rings. The van der Waals surface area contributed by atoms with E-state index in [-0.39, 0.29) is 30.4 Å². The standard InChI is InChI=1S/C21H25N3O4S.ClH/c1-16-8-10-19(11-9-16)29(26,27)24(20-6-4-5-7-21(20)28-3)15-18(25)14-23-13-12-22-17(23)2;/h4-13,18,25H,14-15H2,1-3H3;1H/p-1. The highest BCUT2D eigenvalue weighted by Crippen LogP contribution is 2.32. The highest BCUT2D eigenvalue weighted by atomic mass is 35.5. The molecule has 0 amide bonds. The summed E-state index contributed by atoms with van der Waals surface area (Å²) in [7, 11) is -2.43. The lowest BCUT2D eigenvalue weighted by molar-refractivity contribution is -0.0000107. The highest BCUT2D eigenvalue weighted by Gasteiger charge is 2.29. The van der Waals surface area contributed by atoms with E-state index in [4.69, 9.17) is 4.74 Å². The third-order valence-corrected chi connectivity index (χ3v) is 6.46. The van der Waals surface area contributed by atoms with Crippen molar-refractivity contribution in [1.82, 2.24) is 9.55 Å². The number of para-hydroxylation sites is 2. The predicted molar refractivity (Wildman–Crippen MR) is 112 cm³/mol. The molecular weight excluding hydrogens is 426 g/mol. The number of ether oxygens (including phenoxy) is 1. The number of halogens is 1. The molecule has 0 bridgehead atoms. The van der Waals surface area contributed by atoms with Gasteiger partial charge in [-0.25, -0.2) is 13.4 Å². The lowest BCUT2D eigenvalue weighted by atomic mass is 10.2. The number of aryl methyl sites for hydroxylation is 2. The molecule has 0 radical (unpaired) electrons. The second-order valence-corrected chi connectivity index (χ2v) is 8.66. The molecule has 30 heavy (non-hydrogen) atoms. The summed E-state index contributed by atoms with van der Waals surface area (Å²) in [6.07, 6.45) is 2.44. The van der Waals surface area contributed by atoms with Crippen LogP contribution in [0.2, 0.25) is 0 Å². The molecule has 1 aromatic heterocycles. The minimum absolute atomic E-state index is 0. The van der Waals surface area contributed by atoms with Crippen molar-refractivity contribution in [3.63, 3.8) is 0 Å². The molecule has 0 aliphatic carbocycles. The van der Waals surface area contributed by atoms with Gasteiger partial charge in [-0.15, -0.1) is 0 Å². The largest absolute Gasteiger partial charge is 1.00 e. The molecule has 9 heteroatoms. The number of aliphatic hydroxyl groups is 1. The Hall–Kier alpha value is -2.55. The summed E-state index contributed by atoms with van der Waals surface area (Å²) in [5.41, 5.74) is 1.33. The predicted octanol–water partition coefficient (Wildman–Crippen LogP) is -0.231. The molecule has 1 unspecified atom stereocenters. The fraction of sp³-hybridized carbons (Fsp3) is 0.286. The van der Waals surface area contributed by atoms with Crippen LogP contribution in [0.3, 0.4) is 0 Å². The number of sulfonamides is 1. The Bertz CT molecular complexity index is 1070. The number of anilines is 1. The smallest absolute Gasteiger partial charge is 0.264 e. The highest BCUT2D eigenvalue weighted by molar-refractivity contribution is 7.92. The van der Waals surface area contributed by atoms with Crippen LogP contribution in [0.5, 0.6) is 5.75 Å². The third kappa shape index (κ3) is 5.13. The van der Waals surface area contributed by atoms with E-state index in [1.165, 1.54) is 11.4 Å². The lowest BCUT2D eigenvalue weighted by Gasteiger charge is -2.28. The first-order valence-electron chi connectivity index (χ1n) is 9.21. The van der Waals surface area contributed by atoms with Gasteiger partial charge in [-0.05, 0) is 38.1 Å². The van der Waals surface area contributed by atoms with Crippen molar-refractivity contribution < 1.29 is 30.7 Å². The quantitative estimate of drug-likeness (QED) is 0.512. The molecule has 0 saturated carbocycles. The van der Waals surface area contributed by atoms with Crippen molar-refractivity contribution >= 4 is 15.7 Å². The molecule has 1 atom stereocenters. The molecule has 2 aromatic carbocycles. The monoisotopic (exact) mass is 450 g/mol. The van der Waals surface area contributed by atoms with Gasteiger partial charge in [0.25, 0.3) is 10.0 Å². The van der Waals surface area contributed by atoms with E-state index in [2.05, 4.69) is 4.98 Å². The van der Waals surface area contributed by atoms with E-state index in [1.54, 1.807) is 65.5 Å². The molecule has 162 valence electrons. The van der Waals surface area contributed by atoms with Gasteiger partial charge in [0, 0.05) is 12.4 Å². The molecule has 0 aliphatic heterocycles. The Labute approximate surface area is 183 Å². The van der Waals surface area contributed by atoms with Gasteiger partial charge in [-0.2, -0.15) is 0 Å². The van der Waals surface area contributed by atoms with E-state index in [9.17, 15) is 13.5 Å². The van der Waals surface area contributed by atoms with Crippen LogP contribution < -0.4 is 21.4 Å². The van der Waals surface area contributed by atoms with E-state index in [1.807, 2.05) is 13.8 Å². The molecule has 0 spiro atoms. The first-order valence-corrected chi connectivity index (χ1v) is 10.6. The topological polar surface area (TPSA) is 84.7 Å². The van der Waals surface area contributed by atoms with Crippen LogP contribution in [0.4, 0.5) is 5.69 Å². The van der Waals surface area contributed by atoms with Gasteiger partial charge in [0.05, 0.1) is 36.9 Å². The fourth-order valence-electron chi connectivity index (χ4n) is 3.07. The van der Waals surface area contributed by atoms with Gasteiger partial charge in [0.15, 0.2) is 0 Å². The maximum absolute atomic E-state index is 13.5. The van der Waals surface area contributed by atoms with Gasteiger partial charge < -0.3 is 26.8 Å². The van der Waals surface area contributed by atoms with Crippen molar-refractivity contribution in [2.75, 3.05) is 18.0 Å². The van der Waals surface area contributed by atoms with E-state index in [0.717, 1.165) is 11.4 Å².